The zero-order valence-electron chi connectivity index (χ0n) is 9.74. The van der Waals surface area contributed by atoms with E-state index in [0.717, 1.165) is 0 Å². The number of anilines is 1. The second-order valence-corrected chi connectivity index (χ2v) is 5.64. The van der Waals surface area contributed by atoms with Crippen LogP contribution in [0.15, 0.2) is 18.5 Å². The molecule has 0 spiro atoms. The summed E-state index contributed by atoms with van der Waals surface area (Å²) >= 11 is 0. The van der Waals surface area contributed by atoms with E-state index in [2.05, 4.69) is 0 Å². The first-order valence-electron chi connectivity index (χ1n) is 5.50. The van der Waals surface area contributed by atoms with Crippen LogP contribution in [0.1, 0.15) is 12.8 Å². The molecule has 0 saturated carbocycles. The van der Waals surface area contributed by atoms with E-state index >= 15 is 0 Å². The molecule has 1 saturated heterocycles. The molecule has 0 aromatic carbocycles. The van der Waals surface area contributed by atoms with Gasteiger partial charge in [-0.15, -0.1) is 0 Å². The van der Waals surface area contributed by atoms with Crippen molar-refractivity contribution in [3.63, 3.8) is 0 Å². The molecule has 1 fully saturated rings. The van der Waals surface area contributed by atoms with Crippen LogP contribution in [0.4, 0.5) is 5.69 Å². The minimum Gasteiger partial charge on any atom is -0.381 e. The summed E-state index contributed by atoms with van der Waals surface area (Å²) in [6, 6.07) is 1.64. The van der Waals surface area contributed by atoms with Gasteiger partial charge in [0.2, 0.25) is 0 Å². The number of nitrogens with zero attached hydrogens (tertiary/aromatic N) is 2. The highest BCUT2D eigenvalue weighted by Gasteiger charge is 2.29. The van der Waals surface area contributed by atoms with Crippen LogP contribution in [0.25, 0.3) is 0 Å². The maximum atomic E-state index is 11.7. The lowest BCUT2D eigenvalue weighted by Crippen LogP contribution is -2.46. The molecule has 2 rings (SSSR count). The van der Waals surface area contributed by atoms with Crippen molar-refractivity contribution in [3.05, 3.63) is 18.5 Å². The Bertz CT molecular complexity index is 477. The van der Waals surface area contributed by atoms with E-state index in [-0.39, 0.29) is 6.04 Å². The Balaban J connectivity index is 2.31. The molecule has 0 radical (unpaired) electrons. The van der Waals surface area contributed by atoms with E-state index in [1.807, 2.05) is 7.05 Å². The predicted octanol–water partition coefficient (Wildman–Crippen LogP) is 0.214. The Hall–Kier alpha value is -1.05. The summed E-state index contributed by atoms with van der Waals surface area (Å²) in [7, 11) is -1.90. The molecule has 96 valence electrons. The van der Waals surface area contributed by atoms with Crippen molar-refractivity contribution in [2.75, 3.05) is 17.5 Å². The molecule has 2 heterocycles. The van der Waals surface area contributed by atoms with Crippen LogP contribution in [0.2, 0.25) is 0 Å². The summed E-state index contributed by atoms with van der Waals surface area (Å²) in [4.78, 5) is 0. The summed E-state index contributed by atoms with van der Waals surface area (Å²) in [5.41, 5.74) is 0.613. The van der Waals surface area contributed by atoms with Crippen molar-refractivity contribution in [2.24, 2.45) is 12.2 Å². The molecule has 0 unspecified atom stereocenters. The average Bonchev–Trinajstić information content (AvgIpc) is 2.64. The van der Waals surface area contributed by atoms with Gasteiger partial charge in [0.05, 0.1) is 11.7 Å². The van der Waals surface area contributed by atoms with Gasteiger partial charge < -0.3 is 9.30 Å². The van der Waals surface area contributed by atoms with Crippen molar-refractivity contribution in [1.82, 2.24) is 4.57 Å². The van der Waals surface area contributed by atoms with Crippen LogP contribution in [-0.2, 0) is 22.0 Å². The van der Waals surface area contributed by atoms with E-state index in [9.17, 15) is 8.42 Å². The highest BCUT2D eigenvalue weighted by atomic mass is 32.2. The number of aryl methyl sites for hydroxylation is 1. The lowest BCUT2D eigenvalue weighted by molar-refractivity contribution is 0.0875. The monoisotopic (exact) mass is 259 g/mol. The van der Waals surface area contributed by atoms with Gasteiger partial charge in [0.25, 0.3) is 10.2 Å². The molecule has 7 heteroatoms. The molecule has 0 atom stereocenters. The number of ether oxygens (including phenoxy) is 1. The van der Waals surface area contributed by atoms with Gasteiger partial charge >= 0.3 is 0 Å². The largest absolute Gasteiger partial charge is 0.381 e. The smallest absolute Gasteiger partial charge is 0.299 e. The van der Waals surface area contributed by atoms with Crippen molar-refractivity contribution in [1.29, 1.82) is 0 Å². The normalized spacial score (nSPS) is 18.2. The third-order valence-electron chi connectivity index (χ3n) is 2.87. The summed E-state index contributed by atoms with van der Waals surface area (Å²) in [5.74, 6) is 0. The van der Waals surface area contributed by atoms with Crippen LogP contribution in [0.5, 0.6) is 0 Å². The van der Waals surface area contributed by atoms with Crippen LogP contribution >= 0.6 is 0 Å². The second-order valence-electron chi connectivity index (χ2n) is 4.22. The molecule has 6 nitrogen and oxygen atoms in total. The van der Waals surface area contributed by atoms with Crippen molar-refractivity contribution in [2.45, 2.75) is 18.9 Å². The summed E-state index contributed by atoms with van der Waals surface area (Å²) < 4.78 is 31.7. The third-order valence-corrected chi connectivity index (χ3v) is 3.92. The lowest BCUT2D eigenvalue weighted by atomic mass is 10.1. The zero-order valence-corrected chi connectivity index (χ0v) is 10.6. The van der Waals surface area contributed by atoms with Crippen LogP contribution in [0.3, 0.4) is 0 Å². The highest BCUT2D eigenvalue weighted by molar-refractivity contribution is 7.90. The number of hydrogen-bond donors (Lipinski definition) is 1. The van der Waals surface area contributed by atoms with Crippen molar-refractivity contribution >= 4 is 15.9 Å². The van der Waals surface area contributed by atoms with Crippen molar-refractivity contribution < 1.29 is 13.2 Å². The standard InChI is InChI=1S/C10H17N3O3S/c1-12-5-2-10(8-12)13(17(11,14)15)9-3-6-16-7-4-9/h2,5,8-9H,3-4,6-7H2,1H3,(H2,11,14,15). The SMILES string of the molecule is Cn1ccc(N(C2CCOCC2)S(N)(=O)=O)c1. The van der Waals surface area contributed by atoms with E-state index in [1.54, 1.807) is 23.0 Å². The molecular weight excluding hydrogens is 242 g/mol. The summed E-state index contributed by atoms with van der Waals surface area (Å²) in [6.45, 7) is 1.15. The van der Waals surface area contributed by atoms with Gasteiger partial charge in [-0.05, 0) is 18.9 Å². The van der Waals surface area contributed by atoms with E-state index in [1.165, 1.54) is 4.31 Å². The average molecular weight is 259 g/mol. The predicted molar refractivity (Wildman–Crippen MR) is 64.8 cm³/mol. The Morgan fingerprint density at radius 2 is 2.12 bits per heavy atom. The fourth-order valence-corrected chi connectivity index (χ4v) is 3.13. The molecule has 1 aromatic rings. The van der Waals surface area contributed by atoms with Gasteiger partial charge in [-0.2, -0.15) is 8.42 Å². The molecule has 1 aliphatic heterocycles. The van der Waals surface area contributed by atoms with Crippen LogP contribution < -0.4 is 9.44 Å². The highest BCUT2D eigenvalue weighted by Crippen LogP contribution is 2.24. The number of nitrogens with two attached hydrogens (primary N) is 1. The van der Waals surface area contributed by atoms with Gasteiger partial charge in [-0.1, -0.05) is 0 Å². The molecular formula is C10H17N3O3S. The number of rotatable bonds is 3. The minimum absolute atomic E-state index is 0.110. The molecule has 0 bridgehead atoms. The van der Waals surface area contributed by atoms with Gasteiger partial charge in [0.1, 0.15) is 0 Å². The van der Waals surface area contributed by atoms with Gasteiger partial charge in [-0.3, -0.25) is 4.31 Å². The Labute approximate surface area is 101 Å². The number of hydrogen-bond acceptors (Lipinski definition) is 3. The Morgan fingerprint density at radius 3 is 2.59 bits per heavy atom. The lowest BCUT2D eigenvalue weighted by Gasteiger charge is -2.32. The fraction of sp³-hybridized carbons (Fsp3) is 0.600. The summed E-state index contributed by atoms with van der Waals surface area (Å²) in [5, 5.41) is 5.30. The Kier molecular flexibility index (Phi) is 3.41. The van der Waals surface area contributed by atoms with Crippen LogP contribution in [-0.4, -0.2) is 32.2 Å². The first-order chi connectivity index (χ1) is 7.98. The fourth-order valence-electron chi connectivity index (χ4n) is 2.10. The maximum absolute atomic E-state index is 11.7. The molecule has 0 amide bonds. The van der Waals surface area contributed by atoms with E-state index < -0.39 is 10.2 Å². The summed E-state index contributed by atoms with van der Waals surface area (Å²) in [6.07, 6.45) is 4.89. The van der Waals surface area contributed by atoms with E-state index in [0.29, 0.717) is 31.7 Å². The molecule has 0 aliphatic carbocycles. The van der Waals surface area contributed by atoms with Crippen molar-refractivity contribution in [3.8, 4) is 0 Å². The second kappa shape index (κ2) is 4.67. The van der Waals surface area contributed by atoms with E-state index in [4.69, 9.17) is 9.88 Å². The first-order valence-corrected chi connectivity index (χ1v) is 7.00. The first kappa shape index (κ1) is 12.4. The molecule has 2 N–H and O–H groups in total. The van der Waals surface area contributed by atoms with Gasteiger partial charge in [0, 0.05) is 32.7 Å². The minimum atomic E-state index is -3.74. The van der Waals surface area contributed by atoms with Gasteiger partial charge in [-0.25, -0.2) is 5.14 Å². The quantitative estimate of drug-likeness (QED) is 0.843. The number of aromatic nitrogens is 1. The molecule has 17 heavy (non-hydrogen) atoms. The van der Waals surface area contributed by atoms with Gasteiger partial charge in [0.15, 0.2) is 0 Å². The topological polar surface area (TPSA) is 77.6 Å². The van der Waals surface area contributed by atoms with Crippen LogP contribution in [0, 0.1) is 0 Å². The maximum Gasteiger partial charge on any atom is 0.299 e. The third kappa shape index (κ3) is 2.80. The molecule has 1 aromatic heterocycles. The zero-order chi connectivity index (χ0) is 12.5. The Morgan fingerprint density at radius 1 is 1.47 bits per heavy atom. The molecule has 1 aliphatic rings.